The average molecular weight is 253 g/mol. The highest BCUT2D eigenvalue weighted by molar-refractivity contribution is 5.78. The zero-order valence-electron chi connectivity index (χ0n) is 10.9. The Morgan fingerprint density at radius 1 is 1.00 bits per heavy atom. The van der Waals surface area contributed by atoms with Crippen molar-refractivity contribution in [2.24, 2.45) is 5.92 Å². The SMILES string of the molecule is O=C(O)CC1CCCN1C(=O)CC1CCCCC1. The predicted octanol–water partition coefficient (Wildman–Crippen LogP) is 2.42. The largest absolute Gasteiger partial charge is 0.481 e. The molecule has 0 aromatic rings. The minimum absolute atomic E-state index is 0.0569. The van der Waals surface area contributed by atoms with Crippen molar-refractivity contribution in [2.75, 3.05) is 6.54 Å². The molecule has 0 aromatic heterocycles. The lowest BCUT2D eigenvalue weighted by molar-refractivity contribution is -0.140. The average Bonchev–Trinajstić information content (AvgIpc) is 2.77. The Hall–Kier alpha value is -1.06. The van der Waals surface area contributed by atoms with Crippen LogP contribution in [0, 0.1) is 5.92 Å². The Balaban J connectivity index is 1.84. The van der Waals surface area contributed by atoms with Crippen LogP contribution in [0.4, 0.5) is 0 Å². The summed E-state index contributed by atoms with van der Waals surface area (Å²) in [5.74, 6) is -0.0691. The van der Waals surface area contributed by atoms with Crippen LogP contribution in [0.5, 0.6) is 0 Å². The van der Waals surface area contributed by atoms with E-state index in [4.69, 9.17) is 5.11 Å². The molecule has 1 unspecified atom stereocenters. The van der Waals surface area contributed by atoms with Gasteiger partial charge in [-0.15, -0.1) is 0 Å². The molecule has 1 aliphatic carbocycles. The Bertz CT molecular complexity index is 310. The summed E-state index contributed by atoms with van der Waals surface area (Å²) in [7, 11) is 0. The monoisotopic (exact) mass is 253 g/mol. The van der Waals surface area contributed by atoms with Crippen molar-refractivity contribution in [1.82, 2.24) is 4.90 Å². The fraction of sp³-hybridized carbons (Fsp3) is 0.857. The van der Waals surface area contributed by atoms with Gasteiger partial charge in [0.1, 0.15) is 0 Å². The van der Waals surface area contributed by atoms with E-state index in [-0.39, 0.29) is 18.4 Å². The number of hydrogen-bond donors (Lipinski definition) is 1. The molecule has 4 nitrogen and oxygen atoms in total. The van der Waals surface area contributed by atoms with Gasteiger partial charge < -0.3 is 10.0 Å². The molecule has 1 atom stereocenters. The van der Waals surface area contributed by atoms with Gasteiger partial charge in [0, 0.05) is 19.0 Å². The van der Waals surface area contributed by atoms with E-state index in [0.29, 0.717) is 12.3 Å². The number of nitrogens with zero attached hydrogens (tertiary/aromatic N) is 1. The Labute approximate surface area is 108 Å². The van der Waals surface area contributed by atoms with Crippen LogP contribution in [0.15, 0.2) is 0 Å². The second kappa shape index (κ2) is 6.21. The summed E-state index contributed by atoms with van der Waals surface area (Å²) in [6, 6.07) is -0.0569. The van der Waals surface area contributed by atoms with E-state index in [1.54, 1.807) is 0 Å². The highest BCUT2D eigenvalue weighted by Gasteiger charge is 2.31. The zero-order valence-corrected chi connectivity index (χ0v) is 10.9. The molecule has 4 heteroatoms. The molecule has 2 aliphatic rings. The number of carboxylic acids is 1. The van der Waals surface area contributed by atoms with Gasteiger partial charge in [0.15, 0.2) is 0 Å². The van der Waals surface area contributed by atoms with Crippen molar-refractivity contribution in [2.45, 2.75) is 63.8 Å². The summed E-state index contributed by atoms with van der Waals surface area (Å²) < 4.78 is 0. The maximum absolute atomic E-state index is 12.2. The van der Waals surface area contributed by atoms with Crippen molar-refractivity contribution in [1.29, 1.82) is 0 Å². The smallest absolute Gasteiger partial charge is 0.305 e. The van der Waals surface area contributed by atoms with Gasteiger partial charge >= 0.3 is 5.97 Å². The quantitative estimate of drug-likeness (QED) is 0.837. The number of likely N-dealkylation sites (tertiary alicyclic amines) is 1. The summed E-state index contributed by atoms with van der Waals surface area (Å²) >= 11 is 0. The van der Waals surface area contributed by atoms with Gasteiger partial charge in [-0.25, -0.2) is 0 Å². The van der Waals surface area contributed by atoms with E-state index in [9.17, 15) is 9.59 Å². The normalized spacial score (nSPS) is 25.3. The molecule has 1 saturated carbocycles. The van der Waals surface area contributed by atoms with Crippen LogP contribution in [-0.4, -0.2) is 34.5 Å². The van der Waals surface area contributed by atoms with Crippen LogP contribution >= 0.6 is 0 Å². The summed E-state index contributed by atoms with van der Waals surface area (Å²) in [5.41, 5.74) is 0. The van der Waals surface area contributed by atoms with Crippen molar-refractivity contribution in [3.05, 3.63) is 0 Å². The highest BCUT2D eigenvalue weighted by Crippen LogP contribution is 2.29. The van der Waals surface area contributed by atoms with Crippen LogP contribution in [0.25, 0.3) is 0 Å². The summed E-state index contributed by atoms with van der Waals surface area (Å²) in [4.78, 5) is 24.8. The molecule has 1 N–H and O–H groups in total. The molecular weight excluding hydrogens is 230 g/mol. The van der Waals surface area contributed by atoms with Gasteiger partial charge in [-0.1, -0.05) is 19.3 Å². The molecule has 0 aromatic carbocycles. The Kier molecular flexibility index (Phi) is 4.61. The maximum Gasteiger partial charge on any atom is 0.305 e. The van der Waals surface area contributed by atoms with Gasteiger partial charge in [0.25, 0.3) is 0 Å². The van der Waals surface area contributed by atoms with Crippen LogP contribution in [0.1, 0.15) is 57.8 Å². The van der Waals surface area contributed by atoms with Crippen LogP contribution in [0.2, 0.25) is 0 Å². The molecule has 0 bridgehead atoms. The molecule has 1 aliphatic heterocycles. The first kappa shape index (κ1) is 13.4. The zero-order chi connectivity index (χ0) is 13.0. The van der Waals surface area contributed by atoms with Gasteiger partial charge in [0.2, 0.25) is 5.91 Å². The summed E-state index contributed by atoms with van der Waals surface area (Å²) in [6.45, 7) is 0.753. The molecule has 102 valence electrons. The van der Waals surface area contributed by atoms with Crippen LogP contribution in [-0.2, 0) is 9.59 Å². The standard InChI is InChI=1S/C14H23NO3/c16-13(9-11-5-2-1-3-6-11)15-8-4-7-12(15)10-14(17)18/h11-12H,1-10H2,(H,17,18). The third-order valence-corrected chi connectivity index (χ3v) is 4.30. The van der Waals surface area contributed by atoms with Crippen LogP contribution < -0.4 is 0 Å². The number of hydrogen-bond acceptors (Lipinski definition) is 2. The van der Waals surface area contributed by atoms with Crippen LogP contribution in [0.3, 0.4) is 0 Å². The van der Waals surface area contributed by atoms with Crippen molar-refractivity contribution in [3.8, 4) is 0 Å². The van der Waals surface area contributed by atoms with Gasteiger partial charge in [-0.3, -0.25) is 9.59 Å². The second-order valence-corrected chi connectivity index (χ2v) is 5.69. The van der Waals surface area contributed by atoms with Crippen molar-refractivity contribution in [3.63, 3.8) is 0 Å². The Morgan fingerprint density at radius 2 is 1.72 bits per heavy atom. The van der Waals surface area contributed by atoms with E-state index in [1.807, 2.05) is 4.90 Å². The lowest BCUT2D eigenvalue weighted by Crippen LogP contribution is -2.37. The molecule has 2 rings (SSSR count). The fourth-order valence-corrected chi connectivity index (χ4v) is 3.33. The molecule has 1 heterocycles. The highest BCUT2D eigenvalue weighted by atomic mass is 16.4. The van der Waals surface area contributed by atoms with E-state index in [1.165, 1.54) is 32.1 Å². The lowest BCUT2D eigenvalue weighted by Gasteiger charge is -2.27. The number of rotatable bonds is 4. The number of carbonyl (C=O) groups excluding carboxylic acids is 1. The third kappa shape index (κ3) is 3.47. The van der Waals surface area contributed by atoms with E-state index >= 15 is 0 Å². The fourth-order valence-electron chi connectivity index (χ4n) is 3.33. The topological polar surface area (TPSA) is 57.6 Å². The van der Waals surface area contributed by atoms with E-state index < -0.39 is 5.97 Å². The molecular formula is C14H23NO3. The first-order valence-electron chi connectivity index (χ1n) is 7.18. The minimum atomic E-state index is -0.794. The number of aliphatic carboxylic acids is 1. The minimum Gasteiger partial charge on any atom is -0.481 e. The molecule has 18 heavy (non-hydrogen) atoms. The van der Waals surface area contributed by atoms with Crippen molar-refractivity contribution < 1.29 is 14.7 Å². The molecule has 1 amide bonds. The molecule has 0 spiro atoms. The first-order valence-corrected chi connectivity index (χ1v) is 7.18. The van der Waals surface area contributed by atoms with Gasteiger partial charge in [-0.2, -0.15) is 0 Å². The Morgan fingerprint density at radius 3 is 2.39 bits per heavy atom. The molecule has 1 saturated heterocycles. The number of carboxylic acid groups (broad SMARTS) is 1. The lowest BCUT2D eigenvalue weighted by atomic mass is 9.86. The van der Waals surface area contributed by atoms with Gasteiger partial charge in [0.05, 0.1) is 6.42 Å². The number of amides is 1. The second-order valence-electron chi connectivity index (χ2n) is 5.69. The molecule has 2 fully saturated rings. The van der Waals surface area contributed by atoms with E-state index in [2.05, 4.69) is 0 Å². The summed E-state index contributed by atoms with van der Waals surface area (Å²) in [6.07, 6.45) is 8.68. The maximum atomic E-state index is 12.2. The van der Waals surface area contributed by atoms with E-state index in [0.717, 1.165) is 19.4 Å². The van der Waals surface area contributed by atoms with Gasteiger partial charge in [-0.05, 0) is 31.6 Å². The molecule has 0 radical (unpaired) electrons. The predicted molar refractivity (Wildman–Crippen MR) is 68.2 cm³/mol. The first-order chi connectivity index (χ1) is 8.66. The summed E-state index contributed by atoms with van der Waals surface area (Å²) in [5, 5.41) is 8.86. The number of carbonyl (C=O) groups is 2. The van der Waals surface area contributed by atoms with Crippen molar-refractivity contribution >= 4 is 11.9 Å². The third-order valence-electron chi connectivity index (χ3n) is 4.30.